The topological polar surface area (TPSA) is 95.9 Å². The van der Waals surface area contributed by atoms with E-state index in [-0.39, 0.29) is 24.9 Å². The number of carbonyl (C=O) groups excluding carboxylic acids is 2. The third-order valence-electron chi connectivity index (χ3n) is 10.8. The van der Waals surface area contributed by atoms with Crippen molar-refractivity contribution >= 4 is 11.9 Å². The van der Waals surface area contributed by atoms with Gasteiger partial charge in [0.15, 0.2) is 0 Å². The van der Waals surface area contributed by atoms with Gasteiger partial charge in [0.1, 0.15) is 6.10 Å². The maximum atomic E-state index is 13.2. The summed E-state index contributed by atoms with van der Waals surface area (Å²) in [5.74, 6) is -0.613. The van der Waals surface area contributed by atoms with Crippen LogP contribution in [0.5, 0.6) is 0 Å². The Balaban J connectivity index is 4.82. The quantitative estimate of drug-likeness (QED) is 0.0322. The van der Waals surface area contributed by atoms with Gasteiger partial charge in [-0.2, -0.15) is 0 Å². The van der Waals surface area contributed by atoms with Crippen LogP contribution in [0.1, 0.15) is 194 Å². The molecule has 0 aliphatic heterocycles. The molecule has 0 aliphatic carbocycles. The number of nitrogens with one attached hydrogen (secondary N) is 1. The van der Waals surface area contributed by atoms with E-state index in [1.54, 1.807) is 0 Å². The molecule has 0 aliphatic rings. The zero-order valence-electron chi connectivity index (χ0n) is 40.9. The Labute approximate surface area is 393 Å². The van der Waals surface area contributed by atoms with Gasteiger partial charge in [-0.15, -0.1) is 0 Å². The van der Waals surface area contributed by atoms with Crippen LogP contribution in [0.2, 0.25) is 0 Å². The first kappa shape index (κ1) is 60.0. The average molecular weight is 884 g/mol. The lowest BCUT2D eigenvalue weighted by Gasteiger charge is -2.24. The fourth-order valence-corrected chi connectivity index (χ4v) is 6.96. The van der Waals surface area contributed by atoms with E-state index < -0.39 is 18.2 Å². The summed E-state index contributed by atoms with van der Waals surface area (Å²) in [4.78, 5) is 26.1. The molecule has 0 saturated heterocycles. The maximum absolute atomic E-state index is 13.2. The molecule has 3 atom stereocenters. The van der Waals surface area contributed by atoms with Crippen LogP contribution in [0, 0.1) is 0 Å². The standard InChI is InChI=1S/C58H93NO5/c1-4-7-10-13-16-19-22-25-28-31-34-37-40-43-46-49-54(64-58(63)51-48-45-42-39-36-33-30-27-24-21-18-15-12-9-6-3)52-57(62)59-55(53-60)56(61)50-47-44-41-38-35-32-29-26-23-20-17-14-11-8-5-2/h7,9-10,12-13,15-16,18-19,21-22,24-25,27-28,30-31,33-34,36-37,40,54-56,60-61H,4-6,8,11,14,17,20,23,26,29,32,35,38-39,41-53H2,1-3H3,(H,59,62)/b10-7-,12-9+,16-13+,18-15+,22-19+,24-21-,28-25-,30-27-,34-31+,36-33+,40-37+. The Hall–Kier alpha value is -4.00. The van der Waals surface area contributed by atoms with Crippen molar-refractivity contribution in [2.75, 3.05) is 6.61 Å². The highest BCUT2D eigenvalue weighted by molar-refractivity contribution is 5.77. The smallest absolute Gasteiger partial charge is 0.306 e. The predicted octanol–water partition coefficient (Wildman–Crippen LogP) is 15.4. The highest BCUT2D eigenvalue weighted by Crippen LogP contribution is 2.16. The molecule has 0 radical (unpaired) electrons. The molecule has 0 rings (SSSR count). The second kappa shape index (κ2) is 50.0. The van der Waals surface area contributed by atoms with Gasteiger partial charge in [0.05, 0.1) is 25.2 Å². The lowest BCUT2D eigenvalue weighted by Crippen LogP contribution is -2.46. The number of unbranched alkanes of at least 4 members (excludes halogenated alkanes) is 18. The van der Waals surface area contributed by atoms with Crippen LogP contribution >= 0.6 is 0 Å². The van der Waals surface area contributed by atoms with Gasteiger partial charge in [-0.05, 0) is 57.8 Å². The number of carbonyl (C=O) groups is 2. The summed E-state index contributed by atoms with van der Waals surface area (Å²) >= 11 is 0. The zero-order valence-corrected chi connectivity index (χ0v) is 40.9. The van der Waals surface area contributed by atoms with Crippen molar-refractivity contribution < 1.29 is 24.5 Å². The summed E-state index contributed by atoms with van der Waals surface area (Å²) in [5.41, 5.74) is 0. The SMILES string of the molecule is CC\C=C/C=C/C=C/C=C\C=C\C=C\CCCC(CC(=O)NC(CO)C(O)CCCCCCCCCCCCCCCCC)OC(=O)CCCCC/C=C/C=C\C=C/C=C/C=C/CC. The molecular formula is C58H93NO5. The zero-order chi connectivity index (χ0) is 46.7. The molecule has 0 aromatic carbocycles. The highest BCUT2D eigenvalue weighted by atomic mass is 16.5. The number of aliphatic hydroxyl groups is 2. The van der Waals surface area contributed by atoms with Crippen LogP contribution in [0.4, 0.5) is 0 Å². The van der Waals surface area contributed by atoms with Gasteiger partial charge >= 0.3 is 5.97 Å². The normalized spacial score (nSPS) is 14.4. The van der Waals surface area contributed by atoms with E-state index >= 15 is 0 Å². The van der Waals surface area contributed by atoms with Crippen molar-refractivity contribution in [1.82, 2.24) is 5.32 Å². The molecule has 6 nitrogen and oxygen atoms in total. The second-order valence-corrected chi connectivity index (χ2v) is 16.7. The number of hydrogen-bond donors (Lipinski definition) is 3. The first-order valence-corrected chi connectivity index (χ1v) is 25.6. The Morgan fingerprint density at radius 1 is 0.469 bits per heavy atom. The number of ether oxygens (including phenoxy) is 1. The number of hydrogen-bond acceptors (Lipinski definition) is 5. The number of esters is 1. The minimum Gasteiger partial charge on any atom is -0.462 e. The number of allylic oxidation sites excluding steroid dienone is 22. The first-order chi connectivity index (χ1) is 31.5. The summed E-state index contributed by atoms with van der Waals surface area (Å²) in [6, 6.07) is -0.745. The largest absolute Gasteiger partial charge is 0.462 e. The minimum atomic E-state index is -0.825. The monoisotopic (exact) mass is 884 g/mol. The van der Waals surface area contributed by atoms with Gasteiger partial charge in [0, 0.05) is 6.42 Å². The average Bonchev–Trinajstić information content (AvgIpc) is 3.29. The Morgan fingerprint density at radius 2 is 0.859 bits per heavy atom. The molecular weight excluding hydrogens is 791 g/mol. The van der Waals surface area contributed by atoms with Crippen LogP contribution in [-0.2, 0) is 14.3 Å². The van der Waals surface area contributed by atoms with Crippen molar-refractivity contribution in [2.24, 2.45) is 0 Å². The summed E-state index contributed by atoms with van der Waals surface area (Å²) in [6.07, 6.45) is 70.8. The minimum absolute atomic E-state index is 0.000375. The van der Waals surface area contributed by atoms with Crippen molar-refractivity contribution in [3.63, 3.8) is 0 Å². The molecule has 0 fully saturated rings. The Bertz CT molecular complexity index is 1410. The molecule has 6 heteroatoms. The van der Waals surface area contributed by atoms with E-state index in [1.165, 1.54) is 77.0 Å². The molecule has 1 amide bonds. The lowest BCUT2D eigenvalue weighted by molar-refractivity contribution is -0.151. The molecule has 64 heavy (non-hydrogen) atoms. The van der Waals surface area contributed by atoms with Gasteiger partial charge in [0.25, 0.3) is 0 Å². The molecule has 0 saturated carbocycles. The van der Waals surface area contributed by atoms with E-state index in [0.29, 0.717) is 19.3 Å². The van der Waals surface area contributed by atoms with Crippen molar-refractivity contribution in [2.45, 2.75) is 212 Å². The van der Waals surface area contributed by atoms with Crippen LogP contribution < -0.4 is 5.32 Å². The third kappa shape index (κ3) is 44.6. The number of rotatable bonds is 43. The van der Waals surface area contributed by atoms with E-state index in [2.05, 4.69) is 50.4 Å². The van der Waals surface area contributed by atoms with Gasteiger partial charge in [-0.25, -0.2) is 0 Å². The van der Waals surface area contributed by atoms with E-state index in [9.17, 15) is 19.8 Å². The van der Waals surface area contributed by atoms with E-state index in [4.69, 9.17) is 4.74 Å². The highest BCUT2D eigenvalue weighted by Gasteiger charge is 2.24. The number of aliphatic hydroxyl groups excluding tert-OH is 2. The number of amides is 1. The van der Waals surface area contributed by atoms with E-state index in [0.717, 1.165) is 70.6 Å². The fraction of sp³-hybridized carbons (Fsp3) is 0.586. The molecule has 3 unspecified atom stereocenters. The fourth-order valence-electron chi connectivity index (χ4n) is 6.96. The third-order valence-corrected chi connectivity index (χ3v) is 10.8. The molecule has 0 heterocycles. The van der Waals surface area contributed by atoms with Crippen molar-refractivity contribution in [3.8, 4) is 0 Å². The van der Waals surface area contributed by atoms with Gasteiger partial charge in [-0.1, -0.05) is 257 Å². The lowest BCUT2D eigenvalue weighted by atomic mass is 10.0. The summed E-state index contributed by atoms with van der Waals surface area (Å²) in [6.45, 7) is 6.15. The van der Waals surface area contributed by atoms with Gasteiger partial charge in [-0.3, -0.25) is 9.59 Å². The Morgan fingerprint density at radius 3 is 1.30 bits per heavy atom. The molecule has 3 N–H and O–H groups in total. The van der Waals surface area contributed by atoms with Crippen molar-refractivity contribution in [1.29, 1.82) is 0 Å². The second-order valence-electron chi connectivity index (χ2n) is 16.7. The van der Waals surface area contributed by atoms with Crippen LogP contribution in [0.15, 0.2) is 134 Å². The predicted molar refractivity (Wildman–Crippen MR) is 277 cm³/mol. The van der Waals surface area contributed by atoms with E-state index in [1.807, 2.05) is 109 Å². The van der Waals surface area contributed by atoms with Crippen molar-refractivity contribution in [3.05, 3.63) is 134 Å². The Kier molecular flexibility index (Phi) is 46.9. The van der Waals surface area contributed by atoms with Crippen LogP contribution in [-0.4, -0.2) is 46.9 Å². The van der Waals surface area contributed by atoms with Crippen LogP contribution in [0.25, 0.3) is 0 Å². The van der Waals surface area contributed by atoms with Crippen LogP contribution in [0.3, 0.4) is 0 Å². The molecule has 0 spiro atoms. The maximum Gasteiger partial charge on any atom is 0.306 e. The summed E-state index contributed by atoms with van der Waals surface area (Å²) < 4.78 is 5.87. The summed E-state index contributed by atoms with van der Waals surface area (Å²) in [7, 11) is 0. The molecule has 0 bridgehead atoms. The van der Waals surface area contributed by atoms with Gasteiger partial charge < -0.3 is 20.3 Å². The molecule has 0 aromatic rings. The molecule has 0 aromatic heterocycles. The molecule has 360 valence electrons. The summed E-state index contributed by atoms with van der Waals surface area (Å²) in [5, 5.41) is 23.8. The van der Waals surface area contributed by atoms with Gasteiger partial charge in [0.2, 0.25) is 5.91 Å². The first-order valence-electron chi connectivity index (χ1n) is 25.6.